The molecule has 0 saturated carbocycles. The van der Waals surface area contributed by atoms with E-state index in [0.29, 0.717) is 18.0 Å². The molecule has 0 radical (unpaired) electrons. The zero-order valence-corrected chi connectivity index (χ0v) is 19.3. The Bertz CT molecular complexity index is 607. The molecule has 0 amide bonds. The molecule has 4 heteroatoms. The Balaban J connectivity index is 1.91. The molecule has 0 N–H and O–H groups in total. The van der Waals surface area contributed by atoms with Crippen molar-refractivity contribution >= 4 is 27.9 Å². The van der Waals surface area contributed by atoms with Crippen LogP contribution in [0.15, 0.2) is 24.3 Å². The van der Waals surface area contributed by atoms with E-state index in [4.69, 9.17) is 4.74 Å². The molecule has 2 heterocycles. The third-order valence-electron chi connectivity index (χ3n) is 6.22. The molecule has 0 spiro atoms. The Hall–Kier alpha value is -0.551. The molecule has 3 nitrogen and oxygen atoms in total. The van der Waals surface area contributed by atoms with Crippen LogP contribution in [-0.4, -0.2) is 55.0 Å². The van der Waals surface area contributed by atoms with Gasteiger partial charge in [-0.1, -0.05) is 0 Å². The first kappa shape index (κ1) is 19.2. The first-order valence-electron chi connectivity index (χ1n) is 9.80. The van der Waals surface area contributed by atoms with Gasteiger partial charge in [0.05, 0.1) is 0 Å². The molecule has 1 aromatic rings. The number of fused-ring (bicyclic) bond motifs is 2. The maximum atomic E-state index is 12.7. The molecule has 0 aliphatic carbocycles. The Labute approximate surface area is 157 Å². The van der Waals surface area contributed by atoms with Crippen LogP contribution < -0.4 is 3.58 Å². The molecule has 2 fully saturated rings. The van der Waals surface area contributed by atoms with Crippen molar-refractivity contribution < 1.29 is 9.53 Å². The van der Waals surface area contributed by atoms with Gasteiger partial charge in [0.15, 0.2) is 0 Å². The molecular weight excluding hydrogens is 417 g/mol. The Morgan fingerprint density at radius 2 is 1.88 bits per heavy atom. The van der Waals surface area contributed by atoms with Gasteiger partial charge in [0.2, 0.25) is 0 Å². The van der Waals surface area contributed by atoms with Gasteiger partial charge in [0.1, 0.15) is 0 Å². The molecule has 25 heavy (non-hydrogen) atoms. The van der Waals surface area contributed by atoms with Crippen LogP contribution in [-0.2, 0) is 9.53 Å². The molecule has 1 aromatic carbocycles. The number of methoxy groups -OCH3 is 1. The third kappa shape index (κ3) is 3.78. The van der Waals surface area contributed by atoms with E-state index in [9.17, 15) is 4.79 Å². The van der Waals surface area contributed by atoms with Gasteiger partial charge in [0, 0.05) is 0 Å². The summed E-state index contributed by atoms with van der Waals surface area (Å²) in [4.78, 5) is 22.6. The van der Waals surface area contributed by atoms with Crippen LogP contribution in [0, 0.1) is 5.92 Å². The van der Waals surface area contributed by atoms with Crippen molar-refractivity contribution in [3.8, 4) is 0 Å². The van der Waals surface area contributed by atoms with Crippen LogP contribution in [0.2, 0.25) is 14.8 Å². The van der Waals surface area contributed by atoms with E-state index in [2.05, 4.69) is 50.9 Å². The molecule has 2 aliphatic rings. The Morgan fingerprint density at radius 3 is 2.44 bits per heavy atom. The van der Waals surface area contributed by atoms with Crippen LogP contribution in [0.3, 0.4) is 0 Å². The monoisotopic (exact) mass is 451 g/mol. The van der Waals surface area contributed by atoms with Gasteiger partial charge in [-0.2, -0.15) is 0 Å². The number of hydrogen-bond acceptors (Lipinski definition) is 3. The summed E-state index contributed by atoms with van der Waals surface area (Å²) in [6.07, 6.45) is 4.61. The third-order valence-corrected chi connectivity index (χ3v) is 12.1. The first-order chi connectivity index (χ1) is 11.9. The molecule has 2 bridgehead atoms. The van der Waals surface area contributed by atoms with E-state index in [1.165, 1.54) is 12.0 Å². The predicted octanol–water partition coefficient (Wildman–Crippen LogP) is 3.75. The Kier molecular flexibility index (Phi) is 5.84. The average Bonchev–Trinajstić information content (AvgIpc) is 2.85. The first-order valence-corrected chi connectivity index (χ1v) is 19.8. The number of nitrogens with zero attached hydrogens (tertiary/aromatic N) is 1. The van der Waals surface area contributed by atoms with E-state index in [-0.39, 0.29) is 11.9 Å². The van der Waals surface area contributed by atoms with E-state index in [1.54, 1.807) is 10.7 Å². The van der Waals surface area contributed by atoms with Crippen molar-refractivity contribution in [1.82, 2.24) is 4.90 Å². The minimum absolute atomic E-state index is 0.0145. The van der Waals surface area contributed by atoms with Crippen molar-refractivity contribution in [3.05, 3.63) is 29.8 Å². The fraction of sp³-hybridized carbons (Fsp3) is 0.667. The summed E-state index contributed by atoms with van der Waals surface area (Å²) in [5, 5.41) is 0. The average molecular weight is 450 g/mol. The van der Waals surface area contributed by atoms with Crippen molar-refractivity contribution in [2.45, 2.75) is 65.4 Å². The number of ether oxygens (including phenoxy) is 1. The number of benzene rings is 1. The number of carbonyl (C=O) groups is 1. The van der Waals surface area contributed by atoms with Crippen molar-refractivity contribution in [2.75, 3.05) is 13.7 Å². The number of carbonyl (C=O) groups excluding carboxylic acids is 1. The fourth-order valence-corrected chi connectivity index (χ4v) is 8.28. The summed E-state index contributed by atoms with van der Waals surface area (Å²) in [5.74, 6) is 0.275. The van der Waals surface area contributed by atoms with Gasteiger partial charge in [-0.15, -0.1) is 0 Å². The molecule has 4 unspecified atom stereocenters. The summed E-state index contributed by atoms with van der Waals surface area (Å²) in [5.41, 5.74) is 1.34. The van der Waals surface area contributed by atoms with E-state index >= 15 is 0 Å². The predicted molar refractivity (Wildman–Crippen MR) is 106 cm³/mol. The van der Waals surface area contributed by atoms with Gasteiger partial charge in [-0.3, -0.25) is 0 Å². The van der Waals surface area contributed by atoms with Gasteiger partial charge < -0.3 is 0 Å². The summed E-state index contributed by atoms with van der Waals surface area (Å²) in [7, 11) is 1.54. The van der Waals surface area contributed by atoms with Gasteiger partial charge in [0.25, 0.3) is 0 Å². The van der Waals surface area contributed by atoms with E-state index in [0.717, 1.165) is 25.8 Å². The minimum atomic E-state index is -2.03. The quantitative estimate of drug-likeness (QED) is 0.506. The van der Waals surface area contributed by atoms with E-state index in [1.807, 2.05) is 0 Å². The second-order valence-corrected chi connectivity index (χ2v) is 23.3. The summed E-state index contributed by atoms with van der Waals surface area (Å²) in [6.45, 7) is 3.34. The molecular formula is C21H33NO2Sn. The number of hydrogen-bond donors (Lipinski definition) is 0. The topological polar surface area (TPSA) is 29.5 Å². The zero-order valence-electron chi connectivity index (χ0n) is 16.4. The van der Waals surface area contributed by atoms with Gasteiger partial charge >= 0.3 is 157 Å². The van der Waals surface area contributed by atoms with Crippen LogP contribution in [0.5, 0.6) is 0 Å². The van der Waals surface area contributed by atoms with Gasteiger partial charge in [-0.25, -0.2) is 0 Å². The van der Waals surface area contributed by atoms with Crippen molar-refractivity contribution in [2.24, 2.45) is 5.92 Å². The standard InChI is InChI=1S/C18H24NO2.3CH3.Sn/c1-3-11-19-14-9-10-16(19)17(18(20)21-2)15(12-14)13-7-5-4-6-8-13;;;;/h5-8,14-17H,3,9-12H2,1-2H3;3*1H3;. The summed E-state index contributed by atoms with van der Waals surface area (Å²) < 4.78 is 6.80. The molecule has 3 rings (SSSR count). The fourth-order valence-electron chi connectivity index (χ4n) is 4.95. The summed E-state index contributed by atoms with van der Waals surface area (Å²) >= 11 is -2.03. The van der Waals surface area contributed by atoms with Crippen LogP contribution >= 0.6 is 0 Å². The van der Waals surface area contributed by atoms with Crippen LogP contribution in [0.25, 0.3) is 0 Å². The van der Waals surface area contributed by atoms with Crippen molar-refractivity contribution in [3.63, 3.8) is 0 Å². The number of esters is 1. The Morgan fingerprint density at radius 1 is 1.20 bits per heavy atom. The molecule has 138 valence electrons. The number of rotatable bonds is 5. The molecule has 4 atom stereocenters. The molecule has 2 saturated heterocycles. The maximum absolute atomic E-state index is 12.7. The van der Waals surface area contributed by atoms with Crippen LogP contribution in [0.4, 0.5) is 0 Å². The second-order valence-electron chi connectivity index (χ2n) is 8.80. The molecule has 2 aliphatic heterocycles. The SMILES string of the molecule is CCCN1C2CCC1C(C(=O)OC)C(c1cc[c]([Sn]([CH3])([CH3])[CH3])cc1)C2. The number of piperidine rings is 1. The molecule has 0 aromatic heterocycles. The second kappa shape index (κ2) is 7.59. The van der Waals surface area contributed by atoms with E-state index < -0.39 is 18.4 Å². The summed E-state index contributed by atoms with van der Waals surface area (Å²) in [6, 6.07) is 10.3. The normalized spacial score (nSPS) is 29.6. The van der Waals surface area contributed by atoms with Crippen molar-refractivity contribution in [1.29, 1.82) is 0 Å². The van der Waals surface area contributed by atoms with Crippen LogP contribution in [0.1, 0.15) is 44.1 Å². The zero-order chi connectivity index (χ0) is 18.2. The van der Waals surface area contributed by atoms with Gasteiger partial charge in [-0.05, 0) is 0 Å².